The van der Waals surface area contributed by atoms with Crippen LogP contribution in [0.5, 0.6) is 5.75 Å². The highest BCUT2D eigenvalue weighted by atomic mass is 35.5. The SMILES string of the molecule is CCCCCCC(NCC)c1cc(Cl)cc2c1OCC2. The molecule has 1 aliphatic rings. The van der Waals surface area contributed by atoms with E-state index in [-0.39, 0.29) is 0 Å². The monoisotopic (exact) mass is 295 g/mol. The van der Waals surface area contributed by atoms with Crippen LogP contribution in [0.2, 0.25) is 5.02 Å². The molecule has 3 heteroatoms. The van der Waals surface area contributed by atoms with E-state index in [1.54, 1.807) is 0 Å². The lowest BCUT2D eigenvalue weighted by Crippen LogP contribution is -2.21. The fourth-order valence-corrected chi connectivity index (χ4v) is 3.20. The number of fused-ring (bicyclic) bond motifs is 1. The molecule has 20 heavy (non-hydrogen) atoms. The van der Waals surface area contributed by atoms with E-state index in [1.165, 1.54) is 36.8 Å². The topological polar surface area (TPSA) is 21.3 Å². The van der Waals surface area contributed by atoms with Gasteiger partial charge in [-0.25, -0.2) is 0 Å². The number of ether oxygens (including phenoxy) is 1. The van der Waals surface area contributed by atoms with Crippen molar-refractivity contribution in [1.29, 1.82) is 0 Å². The summed E-state index contributed by atoms with van der Waals surface area (Å²) in [5, 5.41) is 4.43. The minimum atomic E-state index is 0.363. The molecule has 0 fully saturated rings. The Balaban J connectivity index is 2.12. The minimum Gasteiger partial charge on any atom is -0.493 e. The Hall–Kier alpha value is -0.730. The average molecular weight is 296 g/mol. The highest BCUT2D eigenvalue weighted by Crippen LogP contribution is 2.37. The van der Waals surface area contributed by atoms with Crippen LogP contribution in [0.3, 0.4) is 0 Å². The van der Waals surface area contributed by atoms with Crippen LogP contribution < -0.4 is 10.1 Å². The van der Waals surface area contributed by atoms with Crippen molar-refractivity contribution in [3.05, 3.63) is 28.3 Å². The van der Waals surface area contributed by atoms with Gasteiger partial charge in [-0.3, -0.25) is 0 Å². The van der Waals surface area contributed by atoms with Crippen molar-refractivity contribution in [2.45, 2.75) is 58.4 Å². The third kappa shape index (κ3) is 3.89. The summed E-state index contributed by atoms with van der Waals surface area (Å²) in [7, 11) is 0. The largest absolute Gasteiger partial charge is 0.493 e. The third-order valence-corrected chi connectivity index (χ3v) is 4.17. The summed E-state index contributed by atoms with van der Waals surface area (Å²) in [5.41, 5.74) is 2.52. The van der Waals surface area contributed by atoms with Gasteiger partial charge in [0.2, 0.25) is 0 Å². The number of unbranched alkanes of at least 4 members (excludes halogenated alkanes) is 3. The van der Waals surface area contributed by atoms with E-state index in [0.717, 1.165) is 36.8 Å². The second-order valence-electron chi connectivity index (χ2n) is 5.54. The third-order valence-electron chi connectivity index (χ3n) is 3.95. The Kier molecular flexibility index (Phi) is 6.18. The van der Waals surface area contributed by atoms with Crippen LogP contribution in [0.25, 0.3) is 0 Å². The molecule has 1 aromatic carbocycles. The predicted octanol–water partition coefficient (Wildman–Crippen LogP) is 4.90. The lowest BCUT2D eigenvalue weighted by Gasteiger charge is -2.21. The molecular formula is C17H26ClNO. The summed E-state index contributed by atoms with van der Waals surface area (Å²) >= 11 is 6.27. The summed E-state index contributed by atoms with van der Waals surface area (Å²) in [5.74, 6) is 1.08. The maximum Gasteiger partial charge on any atom is 0.127 e. The van der Waals surface area contributed by atoms with E-state index >= 15 is 0 Å². The van der Waals surface area contributed by atoms with E-state index in [2.05, 4.69) is 25.2 Å². The van der Waals surface area contributed by atoms with Crippen LogP contribution >= 0.6 is 11.6 Å². The molecule has 1 aromatic rings. The molecule has 0 aromatic heterocycles. The molecule has 0 saturated carbocycles. The van der Waals surface area contributed by atoms with E-state index in [0.29, 0.717) is 6.04 Å². The second kappa shape index (κ2) is 7.90. The molecule has 0 aliphatic carbocycles. The Bertz CT molecular complexity index is 433. The first-order chi connectivity index (χ1) is 9.76. The van der Waals surface area contributed by atoms with Crippen LogP contribution in [0.15, 0.2) is 12.1 Å². The van der Waals surface area contributed by atoms with Crippen molar-refractivity contribution in [3.63, 3.8) is 0 Å². The van der Waals surface area contributed by atoms with Gasteiger partial charge in [0, 0.05) is 23.0 Å². The molecule has 1 heterocycles. The Labute approximate surface area is 127 Å². The van der Waals surface area contributed by atoms with Crippen molar-refractivity contribution in [1.82, 2.24) is 5.32 Å². The van der Waals surface area contributed by atoms with Gasteiger partial charge in [0.05, 0.1) is 6.61 Å². The van der Waals surface area contributed by atoms with Gasteiger partial charge < -0.3 is 10.1 Å². The normalized spacial score (nSPS) is 14.9. The molecular weight excluding hydrogens is 270 g/mol. The first kappa shape index (κ1) is 15.7. The molecule has 1 atom stereocenters. The molecule has 2 rings (SSSR count). The van der Waals surface area contributed by atoms with Gasteiger partial charge >= 0.3 is 0 Å². The standard InChI is InChI=1S/C17H26ClNO/c1-3-5-6-7-8-16(19-4-2)15-12-14(18)11-13-9-10-20-17(13)15/h11-12,16,19H,3-10H2,1-2H3. The Morgan fingerprint density at radius 3 is 2.85 bits per heavy atom. The van der Waals surface area contributed by atoms with E-state index in [4.69, 9.17) is 16.3 Å². The Morgan fingerprint density at radius 2 is 2.10 bits per heavy atom. The van der Waals surface area contributed by atoms with Gasteiger partial charge in [-0.15, -0.1) is 0 Å². The zero-order valence-electron chi connectivity index (χ0n) is 12.7. The molecule has 1 aliphatic heterocycles. The smallest absolute Gasteiger partial charge is 0.127 e. The molecule has 1 N–H and O–H groups in total. The highest BCUT2D eigenvalue weighted by molar-refractivity contribution is 6.30. The Morgan fingerprint density at radius 1 is 1.25 bits per heavy atom. The molecule has 0 amide bonds. The van der Waals surface area contributed by atoms with Gasteiger partial charge in [0.15, 0.2) is 0 Å². The summed E-state index contributed by atoms with van der Waals surface area (Å²) in [6.07, 6.45) is 7.31. The van der Waals surface area contributed by atoms with Crippen molar-refractivity contribution in [2.75, 3.05) is 13.2 Å². The number of hydrogen-bond donors (Lipinski definition) is 1. The average Bonchev–Trinajstić information content (AvgIpc) is 2.89. The maximum absolute atomic E-state index is 6.27. The van der Waals surface area contributed by atoms with Crippen molar-refractivity contribution >= 4 is 11.6 Å². The van der Waals surface area contributed by atoms with E-state index < -0.39 is 0 Å². The number of rotatable bonds is 8. The second-order valence-corrected chi connectivity index (χ2v) is 5.98. The zero-order valence-corrected chi connectivity index (χ0v) is 13.4. The predicted molar refractivity (Wildman–Crippen MR) is 85.8 cm³/mol. The van der Waals surface area contributed by atoms with Crippen LogP contribution in [-0.2, 0) is 6.42 Å². The van der Waals surface area contributed by atoms with Crippen molar-refractivity contribution in [3.8, 4) is 5.75 Å². The van der Waals surface area contributed by atoms with Crippen molar-refractivity contribution < 1.29 is 4.74 Å². The lowest BCUT2D eigenvalue weighted by molar-refractivity contribution is 0.346. The van der Waals surface area contributed by atoms with Gasteiger partial charge in [-0.05, 0) is 30.7 Å². The zero-order chi connectivity index (χ0) is 14.4. The lowest BCUT2D eigenvalue weighted by atomic mass is 9.97. The summed E-state index contributed by atoms with van der Waals surface area (Å²) in [6.45, 7) is 6.17. The quantitative estimate of drug-likeness (QED) is 0.689. The van der Waals surface area contributed by atoms with Crippen molar-refractivity contribution in [2.24, 2.45) is 0 Å². The molecule has 2 nitrogen and oxygen atoms in total. The fraction of sp³-hybridized carbons (Fsp3) is 0.647. The van der Waals surface area contributed by atoms with Crippen LogP contribution in [0, 0.1) is 0 Å². The van der Waals surface area contributed by atoms with Gasteiger partial charge in [-0.1, -0.05) is 51.1 Å². The fourth-order valence-electron chi connectivity index (χ4n) is 2.95. The van der Waals surface area contributed by atoms with Crippen LogP contribution in [0.1, 0.15) is 63.1 Å². The molecule has 112 valence electrons. The van der Waals surface area contributed by atoms with Gasteiger partial charge in [-0.2, -0.15) is 0 Å². The van der Waals surface area contributed by atoms with Gasteiger partial charge in [0.1, 0.15) is 5.75 Å². The number of nitrogens with one attached hydrogen (secondary N) is 1. The number of halogens is 1. The summed E-state index contributed by atoms with van der Waals surface area (Å²) < 4.78 is 5.84. The first-order valence-electron chi connectivity index (χ1n) is 7.94. The highest BCUT2D eigenvalue weighted by Gasteiger charge is 2.22. The summed E-state index contributed by atoms with van der Waals surface area (Å²) in [6, 6.07) is 4.49. The van der Waals surface area contributed by atoms with Crippen LogP contribution in [-0.4, -0.2) is 13.2 Å². The minimum absolute atomic E-state index is 0.363. The van der Waals surface area contributed by atoms with E-state index in [1.807, 2.05) is 6.07 Å². The van der Waals surface area contributed by atoms with Gasteiger partial charge in [0.25, 0.3) is 0 Å². The van der Waals surface area contributed by atoms with E-state index in [9.17, 15) is 0 Å². The molecule has 0 saturated heterocycles. The van der Waals surface area contributed by atoms with Crippen LogP contribution in [0.4, 0.5) is 0 Å². The maximum atomic E-state index is 6.27. The molecule has 0 spiro atoms. The molecule has 1 unspecified atom stereocenters. The molecule has 0 radical (unpaired) electrons. The number of hydrogen-bond acceptors (Lipinski definition) is 2. The number of benzene rings is 1. The summed E-state index contributed by atoms with van der Waals surface area (Å²) in [4.78, 5) is 0. The molecule has 0 bridgehead atoms. The first-order valence-corrected chi connectivity index (χ1v) is 8.32.